The third kappa shape index (κ3) is 3.64. The summed E-state index contributed by atoms with van der Waals surface area (Å²) in [5.41, 5.74) is 2.21. The van der Waals surface area contributed by atoms with Crippen LogP contribution >= 0.6 is 0 Å². The molecule has 0 amide bonds. The first kappa shape index (κ1) is 24.4. The lowest BCUT2D eigenvalue weighted by Gasteiger charge is -2.61. The van der Waals surface area contributed by atoms with Crippen LogP contribution in [0.3, 0.4) is 0 Å². The van der Waals surface area contributed by atoms with Gasteiger partial charge in [-0.05, 0) is 128 Å². The third-order valence-corrected chi connectivity index (χ3v) is 12.1. The van der Waals surface area contributed by atoms with Crippen molar-refractivity contribution < 1.29 is 19.4 Å². The van der Waals surface area contributed by atoms with Crippen molar-refractivity contribution in [2.75, 3.05) is 7.11 Å². The number of aliphatic hydroxyl groups is 1. The summed E-state index contributed by atoms with van der Waals surface area (Å²) < 4.78 is 11.3. The summed E-state index contributed by atoms with van der Waals surface area (Å²) in [6, 6.07) is 0. The first-order chi connectivity index (χ1) is 17.3. The predicted octanol–water partition coefficient (Wildman–Crippen LogP) is 7.29. The van der Waals surface area contributed by atoms with E-state index in [9.17, 15) is 9.90 Å². The van der Waals surface area contributed by atoms with Crippen LogP contribution in [-0.4, -0.2) is 24.3 Å². The van der Waals surface area contributed by atoms with E-state index in [1.165, 1.54) is 52.1 Å². The molecule has 10 unspecified atom stereocenters. The fourth-order valence-corrected chi connectivity index (χ4v) is 10.3. The predicted molar refractivity (Wildman–Crippen MR) is 141 cm³/mol. The van der Waals surface area contributed by atoms with Gasteiger partial charge in [0.05, 0.1) is 7.11 Å². The van der Waals surface area contributed by atoms with E-state index >= 15 is 0 Å². The molecule has 196 valence electrons. The second kappa shape index (κ2) is 8.81. The molecule has 4 nitrogen and oxygen atoms in total. The van der Waals surface area contributed by atoms with E-state index < -0.39 is 0 Å². The summed E-state index contributed by atoms with van der Waals surface area (Å²) in [5, 5.41) is 9.96. The van der Waals surface area contributed by atoms with Gasteiger partial charge >= 0.3 is 5.97 Å². The summed E-state index contributed by atoms with van der Waals surface area (Å²) in [7, 11) is 1.53. The van der Waals surface area contributed by atoms with E-state index in [2.05, 4.69) is 20.8 Å². The smallest absolute Gasteiger partial charge is 0.331 e. The van der Waals surface area contributed by atoms with Crippen molar-refractivity contribution >= 4 is 5.97 Å². The van der Waals surface area contributed by atoms with Gasteiger partial charge in [-0.2, -0.15) is 0 Å². The van der Waals surface area contributed by atoms with Crippen LogP contribution in [0.25, 0.3) is 0 Å². The highest BCUT2D eigenvalue weighted by molar-refractivity contribution is 5.82. The molecule has 36 heavy (non-hydrogen) atoms. The number of allylic oxidation sites excluding steroid dienone is 5. The number of hydrogen-bond donors (Lipinski definition) is 1. The Hall–Kier alpha value is -1.97. The number of carbonyl (C=O) groups is 1. The Bertz CT molecular complexity index is 1030. The van der Waals surface area contributed by atoms with Gasteiger partial charge in [-0.3, -0.25) is 0 Å². The molecule has 0 aromatic carbocycles. The average Bonchev–Trinajstić information content (AvgIpc) is 3.54. The summed E-state index contributed by atoms with van der Waals surface area (Å²) in [6.45, 7) is 7.53. The van der Waals surface area contributed by atoms with E-state index in [0.717, 1.165) is 35.7 Å². The van der Waals surface area contributed by atoms with Crippen molar-refractivity contribution in [2.45, 2.75) is 84.7 Å². The van der Waals surface area contributed by atoms with Crippen LogP contribution in [0.4, 0.5) is 0 Å². The Morgan fingerprint density at radius 1 is 1.14 bits per heavy atom. The molecule has 6 aliphatic carbocycles. The Labute approximate surface area is 216 Å². The molecule has 5 saturated carbocycles. The Balaban J connectivity index is 1.12. The molecule has 0 bridgehead atoms. The number of fused-ring (bicyclic) bond motifs is 4. The minimum Gasteiger partial charge on any atom is -0.504 e. The molecule has 1 N–H and O–H groups in total. The molecule has 0 aromatic heterocycles. The van der Waals surface area contributed by atoms with Crippen LogP contribution in [0.15, 0.2) is 47.5 Å². The number of methoxy groups -OCH3 is 1. The van der Waals surface area contributed by atoms with Crippen LogP contribution in [-0.2, 0) is 14.3 Å². The Kier molecular flexibility index (Phi) is 5.96. The third-order valence-electron chi connectivity index (χ3n) is 12.1. The molecule has 0 radical (unpaired) electrons. The molecular formula is C32H44O4. The zero-order chi connectivity index (χ0) is 25.2. The van der Waals surface area contributed by atoms with E-state index in [1.54, 1.807) is 24.3 Å². The largest absolute Gasteiger partial charge is 0.504 e. The standard InChI is InChI=1S/C32H44O4/c1-19-16-25-23(13-15-32-18-22(32)12-14-31(25,32)3)24-9-10-27(20(2)30(19)24)36-29(34)11-8-21-6-5-7-26(33)28(17-21)35-4/h5,7-8,11,17,19-20,22-25,27,30,33H,6,9-10,12-16,18H2,1-4H3/b11-8+. The summed E-state index contributed by atoms with van der Waals surface area (Å²) in [6.07, 6.45) is 20.2. The van der Waals surface area contributed by atoms with Crippen molar-refractivity contribution in [2.24, 2.45) is 52.3 Å². The lowest BCUT2D eigenvalue weighted by Crippen LogP contribution is -2.55. The van der Waals surface area contributed by atoms with Crippen molar-refractivity contribution in [1.82, 2.24) is 0 Å². The van der Waals surface area contributed by atoms with Gasteiger partial charge < -0.3 is 14.6 Å². The van der Waals surface area contributed by atoms with Crippen molar-refractivity contribution in [1.29, 1.82) is 0 Å². The van der Waals surface area contributed by atoms with E-state index in [4.69, 9.17) is 9.47 Å². The first-order valence-electron chi connectivity index (χ1n) is 14.5. The number of carbonyl (C=O) groups excluding carboxylic acids is 1. The minimum absolute atomic E-state index is 0.00805. The number of rotatable bonds is 4. The average molecular weight is 493 g/mol. The minimum atomic E-state index is -0.259. The monoisotopic (exact) mass is 492 g/mol. The molecule has 0 aromatic rings. The zero-order valence-corrected chi connectivity index (χ0v) is 22.5. The molecule has 6 aliphatic rings. The summed E-state index contributed by atoms with van der Waals surface area (Å²) in [4.78, 5) is 12.8. The van der Waals surface area contributed by atoms with Crippen LogP contribution in [0, 0.1) is 52.3 Å². The van der Waals surface area contributed by atoms with Crippen molar-refractivity contribution in [3.8, 4) is 0 Å². The second-order valence-corrected chi connectivity index (χ2v) is 13.3. The van der Waals surface area contributed by atoms with Crippen molar-refractivity contribution in [3.63, 3.8) is 0 Å². The van der Waals surface area contributed by atoms with Gasteiger partial charge in [0.25, 0.3) is 0 Å². The normalized spacial score (nSPS) is 47.3. The maximum absolute atomic E-state index is 12.8. The highest BCUT2D eigenvalue weighted by Crippen LogP contribution is 2.81. The SMILES string of the molecule is COC1=C(O)C=CCC(/C=C/C(=O)OC2CCC3C4CCC56CC5CCC6(C)C4CC(C)C3C2C)=C1. The second-order valence-electron chi connectivity index (χ2n) is 13.3. The first-order valence-corrected chi connectivity index (χ1v) is 14.5. The highest BCUT2D eigenvalue weighted by atomic mass is 16.5. The lowest BCUT2D eigenvalue weighted by atomic mass is 9.44. The molecule has 10 atom stereocenters. The topological polar surface area (TPSA) is 55.8 Å². The van der Waals surface area contributed by atoms with Crippen LogP contribution in [0.1, 0.15) is 78.6 Å². The highest BCUT2D eigenvalue weighted by Gasteiger charge is 2.73. The molecule has 0 saturated heterocycles. The number of hydrogen-bond acceptors (Lipinski definition) is 4. The van der Waals surface area contributed by atoms with Gasteiger partial charge in [0.15, 0.2) is 11.5 Å². The molecule has 6 rings (SSSR count). The van der Waals surface area contributed by atoms with E-state index in [1.807, 2.05) is 6.08 Å². The molecule has 0 heterocycles. The van der Waals surface area contributed by atoms with Gasteiger partial charge in [0, 0.05) is 6.08 Å². The maximum atomic E-state index is 12.8. The Morgan fingerprint density at radius 2 is 1.97 bits per heavy atom. The molecule has 1 spiro atoms. The summed E-state index contributed by atoms with van der Waals surface area (Å²) in [5.74, 6) is 5.70. The van der Waals surface area contributed by atoms with Crippen LogP contribution in [0.2, 0.25) is 0 Å². The van der Waals surface area contributed by atoms with Gasteiger partial charge in [-0.1, -0.05) is 32.9 Å². The van der Waals surface area contributed by atoms with Crippen LogP contribution < -0.4 is 0 Å². The fourth-order valence-electron chi connectivity index (χ4n) is 10.3. The van der Waals surface area contributed by atoms with Gasteiger partial charge in [-0.25, -0.2) is 4.79 Å². The van der Waals surface area contributed by atoms with E-state index in [0.29, 0.717) is 40.8 Å². The van der Waals surface area contributed by atoms with Crippen molar-refractivity contribution in [3.05, 3.63) is 47.5 Å². The van der Waals surface area contributed by atoms with Gasteiger partial charge in [0.2, 0.25) is 0 Å². The molecule has 0 aliphatic heterocycles. The fraction of sp³-hybridized carbons (Fsp3) is 0.719. The number of aliphatic hydroxyl groups excluding tert-OH is 1. The maximum Gasteiger partial charge on any atom is 0.331 e. The molecule has 5 fully saturated rings. The quantitative estimate of drug-likeness (QED) is 0.331. The zero-order valence-electron chi connectivity index (χ0n) is 22.5. The van der Waals surface area contributed by atoms with Crippen LogP contribution in [0.5, 0.6) is 0 Å². The Morgan fingerprint density at radius 3 is 2.75 bits per heavy atom. The summed E-state index contributed by atoms with van der Waals surface area (Å²) >= 11 is 0. The van der Waals surface area contributed by atoms with Gasteiger partial charge in [0.1, 0.15) is 6.10 Å². The molecular weight excluding hydrogens is 448 g/mol. The lowest BCUT2D eigenvalue weighted by molar-refractivity contribution is -0.163. The number of esters is 1. The number of ether oxygens (including phenoxy) is 2. The van der Waals surface area contributed by atoms with E-state index in [-0.39, 0.29) is 17.8 Å². The van der Waals surface area contributed by atoms with Gasteiger partial charge in [-0.15, -0.1) is 0 Å². The molecule has 4 heteroatoms.